The van der Waals surface area contributed by atoms with E-state index in [-0.39, 0.29) is 0 Å². The molecule has 0 aliphatic carbocycles. The molecule has 1 aromatic heterocycles. The lowest BCUT2D eigenvalue weighted by molar-refractivity contribution is -0.142. The van der Waals surface area contributed by atoms with E-state index in [0.29, 0.717) is 6.42 Å². The van der Waals surface area contributed by atoms with E-state index in [1.807, 2.05) is 19.9 Å². The van der Waals surface area contributed by atoms with Crippen LogP contribution in [0.2, 0.25) is 0 Å². The van der Waals surface area contributed by atoms with E-state index in [9.17, 15) is 4.79 Å². The highest BCUT2D eigenvalue weighted by atomic mass is 16.5. The molecule has 0 aliphatic heterocycles. The van der Waals surface area contributed by atoms with E-state index in [4.69, 9.17) is 10.2 Å². The van der Waals surface area contributed by atoms with Crippen LogP contribution in [0, 0.1) is 13.8 Å². The number of carbonyl (C=O) groups excluding carboxylic acids is 1. The Morgan fingerprint density at radius 1 is 1.64 bits per heavy atom. The molecule has 0 aliphatic rings. The standard InChI is InChI=1S/C10H15NO3/c1-6-4-8(14-7(6)2)5-9(11)10(12)13-3/h4,9H,5,11H2,1-3H3. The van der Waals surface area contributed by atoms with Crippen molar-refractivity contribution in [1.29, 1.82) is 0 Å². The summed E-state index contributed by atoms with van der Waals surface area (Å²) in [5.74, 6) is 1.16. The average Bonchev–Trinajstić information content (AvgIpc) is 2.44. The van der Waals surface area contributed by atoms with E-state index in [2.05, 4.69) is 4.74 Å². The molecule has 0 spiro atoms. The van der Waals surface area contributed by atoms with Crippen molar-refractivity contribution in [3.63, 3.8) is 0 Å². The van der Waals surface area contributed by atoms with Crippen molar-refractivity contribution < 1.29 is 13.9 Å². The number of rotatable bonds is 3. The summed E-state index contributed by atoms with van der Waals surface area (Å²) in [7, 11) is 1.32. The molecule has 0 fully saturated rings. The maximum atomic E-state index is 11.0. The normalized spacial score (nSPS) is 12.6. The highest BCUT2D eigenvalue weighted by Crippen LogP contribution is 2.14. The molecule has 0 amide bonds. The van der Waals surface area contributed by atoms with Gasteiger partial charge in [0, 0.05) is 6.42 Å². The molecule has 4 nitrogen and oxygen atoms in total. The minimum Gasteiger partial charge on any atom is -0.468 e. The van der Waals surface area contributed by atoms with E-state index in [1.165, 1.54) is 7.11 Å². The summed E-state index contributed by atoms with van der Waals surface area (Å²) >= 11 is 0. The van der Waals surface area contributed by atoms with Gasteiger partial charge in [-0.25, -0.2) is 0 Å². The smallest absolute Gasteiger partial charge is 0.323 e. The van der Waals surface area contributed by atoms with Crippen molar-refractivity contribution in [3.8, 4) is 0 Å². The predicted molar refractivity (Wildman–Crippen MR) is 51.9 cm³/mol. The lowest BCUT2D eigenvalue weighted by atomic mass is 10.1. The summed E-state index contributed by atoms with van der Waals surface area (Å²) in [5, 5.41) is 0. The summed E-state index contributed by atoms with van der Waals surface area (Å²) < 4.78 is 9.91. The summed E-state index contributed by atoms with van der Waals surface area (Å²) in [4.78, 5) is 11.0. The van der Waals surface area contributed by atoms with Crippen molar-refractivity contribution in [3.05, 3.63) is 23.2 Å². The Hall–Kier alpha value is -1.29. The largest absolute Gasteiger partial charge is 0.468 e. The Labute approximate surface area is 83.0 Å². The van der Waals surface area contributed by atoms with E-state index in [0.717, 1.165) is 17.1 Å². The van der Waals surface area contributed by atoms with Crippen molar-refractivity contribution in [2.24, 2.45) is 5.73 Å². The topological polar surface area (TPSA) is 65.5 Å². The maximum absolute atomic E-state index is 11.0. The summed E-state index contributed by atoms with van der Waals surface area (Å²) in [5.41, 5.74) is 6.65. The van der Waals surface area contributed by atoms with Crippen LogP contribution >= 0.6 is 0 Å². The van der Waals surface area contributed by atoms with Crippen LogP contribution < -0.4 is 5.73 Å². The SMILES string of the molecule is COC(=O)C(N)Cc1cc(C)c(C)o1. The Morgan fingerprint density at radius 3 is 2.71 bits per heavy atom. The van der Waals surface area contributed by atoms with Gasteiger partial charge in [0.1, 0.15) is 17.6 Å². The molecule has 1 unspecified atom stereocenters. The van der Waals surface area contributed by atoms with Gasteiger partial charge in [-0.05, 0) is 25.5 Å². The van der Waals surface area contributed by atoms with Crippen LogP contribution in [0.3, 0.4) is 0 Å². The quantitative estimate of drug-likeness (QED) is 0.732. The molecule has 78 valence electrons. The van der Waals surface area contributed by atoms with Gasteiger partial charge in [-0.3, -0.25) is 4.79 Å². The third-order valence-corrected chi connectivity index (χ3v) is 2.14. The number of nitrogens with two attached hydrogens (primary N) is 1. The van der Waals surface area contributed by atoms with Gasteiger partial charge in [0.2, 0.25) is 0 Å². The van der Waals surface area contributed by atoms with E-state index < -0.39 is 12.0 Å². The zero-order valence-corrected chi connectivity index (χ0v) is 8.66. The first-order valence-electron chi connectivity index (χ1n) is 4.44. The first kappa shape index (κ1) is 10.8. The number of ether oxygens (including phenoxy) is 1. The lowest BCUT2D eigenvalue weighted by Gasteiger charge is -2.06. The third kappa shape index (κ3) is 2.35. The molecule has 0 radical (unpaired) electrons. The molecule has 1 aromatic rings. The Morgan fingerprint density at radius 2 is 2.29 bits per heavy atom. The second-order valence-electron chi connectivity index (χ2n) is 3.29. The first-order chi connectivity index (χ1) is 6.54. The first-order valence-corrected chi connectivity index (χ1v) is 4.44. The minimum absolute atomic E-state index is 0.376. The molecule has 1 heterocycles. The number of hydrogen-bond donors (Lipinski definition) is 1. The number of aryl methyl sites for hydroxylation is 2. The second kappa shape index (κ2) is 4.28. The van der Waals surface area contributed by atoms with Crippen LogP contribution in [0.5, 0.6) is 0 Å². The summed E-state index contributed by atoms with van der Waals surface area (Å²) in [6.07, 6.45) is 0.376. The van der Waals surface area contributed by atoms with E-state index in [1.54, 1.807) is 0 Å². The summed E-state index contributed by atoms with van der Waals surface area (Å²) in [6, 6.07) is 1.24. The average molecular weight is 197 g/mol. The van der Waals surface area contributed by atoms with Crippen LogP contribution in [0.1, 0.15) is 17.1 Å². The number of carbonyl (C=O) groups is 1. The number of methoxy groups -OCH3 is 1. The molecular weight excluding hydrogens is 182 g/mol. The Bertz CT molecular complexity index is 311. The molecule has 14 heavy (non-hydrogen) atoms. The number of furan rings is 1. The molecule has 0 saturated carbocycles. The van der Waals surface area contributed by atoms with Crippen molar-refractivity contribution in [1.82, 2.24) is 0 Å². The van der Waals surface area contributed by atoms with Crippen molar-refractivity contribution in [2.45, 2.75) is 26.3 Å². The lowest BCUT2D eigenvalue weighted by Crippen LogP contribution is -2.33. The molecular formula is C10H15NO3. The fraction of sp³-hybridized carbons (Fsp3) is 0.500. The molecule has 4 heteroatoms. The van der Waals surface area contributed by atoms with Gasteiger partial charge < -0.3 is 14.9 Å². The van der Waals surface area contributed by atoms with Crippen LogP contribution in [0.25, 0.3) is 0 Å². The van der Waals surface area contributed by atoms with Gasteiger partial charge in [0.15, 0.2) is 0 Å². The van der Waals surface area contributed by atoms with Crippen molar-refractivity contribution >= 4 is 5.97 Å². The zero-order valence-electron chi connectivity index (χ0n) is 8.66. The van der Waals surface area contributed by atoms with Gasteiger partial charge in [-0.1, -0.05) is 0 Å². The summed E-state index contributed by atoms with van der Waals surface area (Å²) in [6.45, 7) is 3.83. The number of esters is 1. The molecule has 0 bridgehead atoms. The van der Waals surface area contributed by atoms with Crippen LogP contribution in [0.15, 0.2) is 10.5 Å². The predicted octanol–water partition coefficient (Wildman–Crippen LogP) is 0.939. The molecule has 1 rings (SSSR count). The zero-order chi connectivity index (χ0) is 10.7. The molecule has 1 atom stereocenters. The van der Waals surface area contributed by atoms with Gasteiger partial charge in [-0.2, -0.15) is 0 Å². The fourth-order valence-corrected chi connectivity index (χ4v) is 1.20. The van der Waals surface area contributed by atoms with Gasteiger partial charge in [-0.15, -0.1) is 0 Å². The van der Waals surface area contributed by atoms with Gasteiger partial charge in [0.25, 0.3) is 0 Å². The Balaban J connectivity index is 2.64. The molecule has 2 N–H and O–H groups in total. The minimum atomic E-state index is -0.648. The Kier molecular flexibility index (Phi) is 3.30. The van der Waals surface area contributed by atoms with Gasteiger partial charge in [0.05, 0.1) is 7.11 Å². The van der Waals surface area contributed by atoms with Crippen LogP contribution in [-0.2, 0) is 16.0 Å². The monoisotopic (exact) mass is 197 g/mol. The fourth-order valence-electron chi connectivity index (χ4n) is 1.20. The molecule has 0 aromatic carbocycles. The third-order valence-electron chi connectivity index (χ3n) is 2.14. The maximum Gasteiger partial charge on any atom is 0.323 e. The van der Waals surface area contributed by atoms with E-state index >= 15 is 0 Å². The van der Waals surface area contributed by atoms with Crippen LogP contribution in [-0.4, -0.2) is 19.1 Å². The second-order valence-corrected chi connectivity index (χ2v) is 3.29. The van der Waals surface area contributed by atoms with Crippen LogP contribution in [0.4, 0.5) is 0 Å². The highest BCUT2D eigenvalue weighted by Gasteiger charge is 2.16. The number of hydrogen-bond acceptors (Lipinski definition) is 4. The van der Waals surface area contributed by atoms with Crippen molar-refractivity contribution in [2.75, 3.05) is 7.11 Å². The molecule has 0 saturated heterocycles. The highest BCUT2D eigenvalue weighted by molar-refractivity contribution is 5.75. The van der Waals surface area contributed by atoms with Gasteiger partial charge >= 0.3 is 5.97 Å².